The molecule has 4 nitrogen and oxygen atoms in total. The number of carboxylic acid groups (broad SMARTS) is 1. The van der Waals surface area contributed by atoms with E-state index in [9.17, 15) is 9.59 Å². The topological polar surface area (TPSA) is 57.6 Å². The van der Waals surface area contributed by atoms with Gasteiger partial charge >= 0.3 is 5.97 Å². The number of benzene rings is 1. The summed E-state index contributed by atoms with van der Waals surface area (Å²) in [6.07, 6.45) is 2.37. The van der Waals surface area contributed by atoms with E-state index in [-0.39, 0.29) is 17.9 Å². The Labute approximate surface area is 122 Å². The van der Waals surface area contributed by atoms with Crippen LogP contribution in [-0.2, 0) is 9.59 Å². The van der Waals surface area contributed by atoms with Gasteiger partial charge in [0.25, 0.3) is 0 Å². The fraction of sp³-hybridized carbons (Fsp3) is 0.467. The minimum Gasteiger partial charge on any atom is -0.481 e. The summed E-state index contributed by atoms with van der Waals surface area (Å²) in [5.41, 5.74) is 1.08. The zero-order valence-electron chi connectivity index (χ0n) is 11.0. The van der Waals surface area contributed by atoms with Gasteiger partial charge in [0.05, 0.1) is 17.9 Å². The Morgan fingerprint density at radius 1 is 1.20 bits per heavy atom. The highest BCUT2D eigenvalue weighted by Crippen LogP contribution is 2.43. The fourth-order valence-electron chi connectivity index (χ4n) is 3.02. The Morgan fingerprint density at radius 3 is 2.50 bits per heavy atom. The third kappa shape index (κ3) is 2.40. The lowest BCUT2D eigenvalue weighted by molar-refractivity contribution is -0.142. The van der Waals surface area contributed by atoms with Crippen molar-refractivity contribution in [1.29, 1.82) is 0 Å². The van der Waals surface area contributed by atoms with Crippen molar-refractivity contribution in [3.8, 4) is 0 Å². The van der Waals surface area contributed by atoms with Gasteiger partial charge in [0, 0.05) is 11.6 Å². The molecule has 1 aliphatic carbocycles. The molecule has 2 aliphatic rings. The second-order valence-electron chi connectivity index (χ2n) is 5.53. The Balaban J connectivity index is 1.74. The van der Waals surface area contributed by atoms with E-state index in [2.05, 4.69) is 0 Å². The van der Waals surface area contributed by atoms with Gasteiger partial charge in [-0.2, -0.15) is 0 Å². The number of aliphatic carboxylic acids is 1. The summed E-state index contributed by atoms with van der Waals surface area (Å²) in [6.45, 7) is 0.717. The molecule has 1 saturated heterocycles. The number of carbonyl (C=O) groups excluding carboxylic acids is 1. The van der Waals surface area contributed by atoms with Crippen LogP contribution in [0.25, 0.3) is 0 Å². The van der Waals surface area contributed by atoms with Gasteiger partial charge < -0.3 is 10.0 Å². The van der Waals surface area contributed by atoms with Crippen LogP contribution in [0.3, 0.4) is 0 Å². The molecule has 0 radical (unpaired) electrons. The van der Waals surface area contributed by atoms with Crippen molar-refractivity contribution in [3.63, 3.8) is 0 Å². The van der Waals surface area contributed by atoms with E-state index in [0.717, 1.165) is 24.9 Å². The Hall–Kier alpha value is -1.55. The first kappa shape index (κ1) is 13.4. The monoisotopic (exact) mass is 293 g/mol. The molecule has 3 unspecified atom stereocenters. The lowest BCUT2D eigenvalue weighted by atomic mass is 10.0. The number of hydrogen-bond acceptors (Lipinski definition) is 2. The van der Waals surface area contributed by atoms with Crippen molar-refractivity contribution in [2.75, 3.05) is 6.54 Å². The summed E-state index contributed by atoms with van der Waals surface area (Å²) in [5, 5.41) is 9.62. The lowest BCUT2D eigenvalue weighted by Crippen LogP contribution is -2.32. The van der Waals surface area contributed by atoms with Crippen molar-refractivity contribution in [3.05, 3.63) is 34.9 Å². The zero-order valence-corrected chi connectivity index (χ0v) is 11.7. The molecule has 1 aromatic rings. The second-order valence-corrected chi connectivity index (χ2v) is 5.96. The molecule has 0 bridgehead atoms. The minimum atomic E-state index is -0.856. The number of hydrogen-bond donors (Lipinski definition) is 1. The molecular formula is C15H16ClNO3. The average molecular weight is 294 g/mol. The molecule has 106 valence electrons. The predicted octanol–water partition coefficient (Wildman–Crippen LogP) is 2.72. The highest BCUT2D eigenvalue weighted by atomic mass is 35.5. The third-order valence-corrected chi connectivity index (χ3v) is 4.47. The number of nitrogens with zero attached hydrogens (tertiary/aromatic N) is 1. The molecule has 5 heteroatoms. The molecule has 1 aliphatic heterocycles. The molecule has 1 N–H and O–H groups in total. The number of rotatable bonds is 3. The highest BCUT2D eigenvalue weighted by molar-refractivity contribution is 6.30. The molecule has 3 atom stereocenters. The summed E-state index contributed by atoms with van der Waals surface area (Å²) in [7, 11) is 0. The standard InChI is InChI=1S/C15H16ClNO3/c16-10-5-3-9(4-6-10)13-2-1-7-17(13)14(18)11-8-12(11)15(19)20/h3-6,11-13H,1-2,7-8H2,(H,19,20). The first-order valence-electron chi connectivity index (χ1n) is 6.86. The molecule has 3 rings (SSSR count). The summed E-state index contributed by atoms with van der Waals surface area (Å²) in [5.74, 6) is -1.66. The molecule has 1 amide bonds. The van der Waals surface area contributed by atoms with Crippen LogP contribution >= 0.6 is 11.6 Å². The normalized spacial score (nSPS) is 28.4. The van der Waals surface area contributed by atoms with Gasteiger partial charge in [0.15, 0.2) is 0 Å². The molecule has 1 heterocycles. The number of carboxylic acids is 1. The van der Waals surface area contributed by atoms with Crippen LogP contribution < -0.4 is 0 Å². The number of amides is 1. The molecule has 0 aromatic heterocycles. The van der Waals surface area contributed by atoms with Crippen LogP contribution in [0, 0.1) is 11.8 Å². The van der Waals surface area contributed by atoms with Crippen LogP contribution in [-0.4, -0.2) is 28.4 Å². The van der Waals surface area contributed by atoms with Crippen molar-refractivity contribution in [1.82, 2.24) is 4.90 Å². The average Bonchev–Trinajstić information content (AvgIpc) is 3.09. The van der Waals surface area contributed by atoms with Crippen LogP contribution in [0.15, 0.2) is 24.3 Å². The fourth-order valence-corrected chi connectivity index (χ4v) is 3.14. The van der Waals surface area contributed by atoms with Gasteiger partial charge in [0.2, 0.25) is 5.91 Å². The van der Waals surface area contributed by atoms with Gasteiger partial charge in [0.1, 0.15) is 0 Å². The number of likely N-dealkylation sites (tertiary alicyclic amines) is 1. The van der Waals surface area contributed by atoms with Crippen LogP contribution in [0.1, 0.15) is 30.9 Å². The van der Waals surface area contributed by atoms with E-state index in [1.54, 1.807) is 0 Å². The van der Waals surface area contributed by atoms with Gasteiger partial charge in [-0.1, -0.05) is 23.7 Å². The van der Waals surface area contributed by atoms with E-state index < -0.39 is 11.9 Å². The molecule has 20 heavy (non-hydrogen) atoms. The SMILES string of the molecule is O=C(O)C1CC1C(=O)N1CCCC1c1ccc(Cl)cc1. The predicted molar refractivity (Wildman–Crippen MR) is 74.4 cm³/mol. The third-order valence-electron chi connectivity index (χ3n) is 4.22. The largest absolute Gasteiger partial charge is 0.481 e. The van der Waals surface area contributed by atoms with E-state index in [0.29, 0.717) is 11.4 Å². The summed E-state index contributed by atoms with van der Waals surface area (Å²) in [4.78, 5) is 25.1. The van der Waals surface area contributed by atoms with Crippen molar-refractivity contribution in [2.24, 2.45) is 11.8 Å². The summed E-state index contributed by atoms with van der Waals surface area (Å²) >= 11 is 5.89. The van der Waals surface area contributed by atoms with Crippen LogP contribution in [0.4, 0.5) is 0 Å². The second kappa shape index (κ2) is 5.09. The summed E-state index contributed by atoms with van der Waals surface area (Å²) < 4.78 is 0. The van der Waals surface area contributed by atoms with Crippen molar-refractivity contribution in [2.45, 2.75) is 25.3 Å². The highest BCUT2D eigenvalue weighted by Gasteiger charge is 2.51. The van der Waals surface area contributed by atoms with E-state index in [1.807, 2.05) is 29.2 Å². The van der Waals surface area contributed by atoms with E-state index >= 15 is 0 Å². The van der Waals surface area contributed by atoms with E-state index in [4.69, 9.17) is 16.7 Å². The van der Waals surface area contributed by atoms with E-state index in [1.165, 1.54) is 0 Å². The van der Waals surface area contributed by atoms with Crippen molar-refractivity contribution >= 4 is 23.5 Å². The molecule has 1 saturated carbocycles. The first-order chi connectivity index (χ1) is 9.58. The van der Waals surface area contributed by atoms with Crippen molar-refractivity contribution < 1.29 is 14.7 Å². The van der Waals surface area contributed by atoms with Crippen LogP contribution in [0.2, 0.25) is 5.02 Å². The number of halogens is 1. The summed E-state index contributed by atoms with van der Waals surface area (Å²) in [6, 6.07) is 7.61. The molecule has 0 spiro atoms. The maximum atomic E-state index is 12.4. The molecule has 2 fully saturated rings. The lowest BCUT2D eigenvalue weighted by Gasteiger charge is -2.25. The first-order valence-corrected chi connectivity index (χ1v) is 7.24. The van der Waals surface area contributed by atoms with Gasteiger partial charge in [-0.05, 0) is 37.0 Å². The zero-order chi connectivity index (χ0) is 14.3. The Morgan fingerprint density at radius 2 is 1.90 bits per heavy atom. The quantitative estimate of drug-likeness (QED) is 0.932. The number of carbonyl (C=O) groups is 2. The van der Waals surface area contributed by atoms with Crippen LogP contribution in [0.5, 0.6) is 0 Å². The van der Waals surface area contributed by atoms with Gasteiger partial charge in [-0.25, -0.2) is 0 Å². The maximum absolute atomic E-state index is 12.4. The van der Waals surface area contributed by atoms with Gasteiger partial charge in [-0.3, -0.25) is 9.59 Å². The molecule has 1 aromatic carbocycles. The minimum absolute atomic E-state index is 0.00477. The Kier molecular flexibility index (Phi) is 3.42. The molecular weight excluding hydrogens is 278 g/mol. The van der Waals surface area contributed by atoms with Gasteiger partial charge in [-0.15, -0.1) is 0 Å². The Bertz CT molecular complexity index is 543. The smallest absolute Gasteiger partial charge is 0.307 e. The maximum Gasteiger partial charge on any atom is 0.307 e.